The summed E-state index contributed by atoms with van der Waals surface area (Å²) in [6.45, 7) is 3.03. The number of nitrogens with one attached hydrogen (secondary N) is 2. The number of aromatic nitrogens is 3. The lowest BCUT2D eigenvalue weighted by molar-refractivity contribution is -0.115. The van der Waals surface area contributed by atoms with Gasteiger partial charge >= 0.3 is 0 Å². The monoisotopic (exact) mass is 245 g/mol. The van der Waals surface area contributed by atoms with Crippen molar-refractivity contribution in [2.24, 2.45) is 0 Å². The molecule has 6 heteroatoms. The molecule has 0 atom stereocenters. The van der Waals surface area contributed by atoms with E-state index in [9.17, 15) is 4.79 Å². The van der Waals surface area contributed by atoms with Gasteiger partial charge in [0, 0.05) is 12.4 Å². The molecule has 2 aromatic rings. The maximum atomic E-state index is 11.5. The van der Waals surface area contributed by atoms with Crippen molar-refractivity contribution in [1.29, 1.82) is 0 Å². The lowest BCUT2D eigenvalue weighted by Crippen LogP contribution is -2.27. The minimum absolute atomic E-state index is 0.0750. The van der Waals surface area contributed by atoms with Crippen LogP contribution in [0.2, 0.25) is 0 Å². The summed E-state index contributed by atoms with van der Waals surface area (Å²) in [5.74, 6) is 0.686. The lowest BCUT2D eigenvalue weighted by atomic mass is 10.4. The zero-order chi connectivity index (χ0) is 12.8. The summed E-state index contributed by atoms with van der Waals surface area (Å²) in [6.07, 6.45) is 6.80. The van der Waals surface area contributed by atoms with Gasteiger partial charge in [0.15, 0.2) is 0 Å². The second kappa shape index (κ2) is 5.92. The Labute approximate surface area is 105 Å². The van der Waals surface area contributed by atoms with Crippen LogP contribution in [0.25, 0.3) is 5.82 Å². The van der Waals surface area contributed by atoms with Crippen LogP contribution in [0.15, 0.2) is 37.1 Å². The number of carbonyl (C=O) groups is 1. The minimum Gasteiger partial charge on any atom is -0.324 e. The predicted octanol–water partition coefficient (Wildman–Crippen LogP) is 0.815. The Morgan fingerprint density at radius 1 is 1.44 bits per heavy atom. The first-order chi connectivity index (χ1) is 8.79. The molecule has 1 amide bonds. The molecule has 0 aliphatic carbocycles. The average molecular weight is 245 g/mol. The maximum absolute atomic E-state index is 11.5. The van der Waals surface area contributed by atoms with Crippen LogP contribution in [0.1, 0.15) is 6.92 Å². The van der Waals surface area contributed by atoms with E-state index in [1.165, 1.54) is 0 Å². The van der Waals surface area contributed by atoms with Crippen molar-refractivity contribution in [1.82, 2.24) is 19.9 Å². The first kappa shape index (κ1) is 12.3. The first-order valence-corrected chi connectivity index (χ1v) is 5.74. The van der Waals surface area contributed by atoms with Crippen LogP contribution in [0, 0.1) is 0 Å². The topological polar surface area (TPSA) is 71.8 Å². The molecule has 2 rings (SSSR count). The SMILES string of the molecule is CCNCC(=O)Nc1ccc(-n2ccnc2)nc1. The normalized spacial score (nSPS) is 10.3. The van der Waals surface area contributed by atoms with E-state index in [1.54, 1.807) is 23.3 Å². The third-order valence-corrected chi connectivity index (χ3v) is 2.34. The third kappa shape index (κ3) is 3.14. The van der Waals surface area contributed by atoms with Crippen molar-refractivity contribution in [2.45, 2.75) is 6.92 Å². The number of amides is 1. The highest BCUT2D eigenvalue weighted by atomic mass is 16.1. The van der Waals surface area contributed by atoms with E-state index in [1.807, 2.05) is 25.3 Å². The van der Waals surface area contributed by atoms with Crippen LogP contribution >= 0.6 is 0 Å². The number of pyridine rings is 1. The molecule has 0 unspecified atom stereocenters. The summed E-state index contributed by atoms with van der Waals surface area (Å²) in [6, 6.07) is 3.64. The highest BCUT2D eigenvalue weighted by molar-refractivity contribution is 5.92. The molecule has 2 aromatic heterocycles. The Kier molecular flexibility index (Phi) is 4.03. The molecular weight excluding hydrogens is 230 g/mol. The molecule has 0 saturated carbocycles. The quantitative estimate of drug-likeness (QED) is 0.818. The van der Waals surface area contributed by atoms with E-state index >= 15 is 0 Å². The fourth-order valence-electron chi connectivity index (χ4n) is 1.45. The van der Waals surface area contributed by atoms with Gasteiger partial charge in [-0.3, -0.25) is 9.36 Å². The molecule has 0 aliphatic rings. The average Bonchev–Trinajstić information content (AvgIpc) is 2.91. The second-order valence-electron chi connectivity index (χ2n) is 3.70. The number of nitrogens with zero attached hydrogens (tertiary/aromatic N) is 3. The summed E-state index contributed by atoms with van der Waals surface area (Å²) in [5, 5.41) is 5.72. The van der Waals surface area contributed by atoms with Gasteiger partial charge in [0.1, 0.15) is 12.1 Å². The Bertz CT molecular complexity index is 492. The van der Waals surface area contributed by atoms with Gasteiger partial charge in [-0.25, -0.2) is 9.97 Å². The van der Waals surface area contributed by atoms with Crippen molar-refractivity contribution in [3.8, 4) is 5.82 Å². The number of anilines is 1. The van der Waals surface area contributed by atoms with Gasteiger partial charge in [0.05, 0.1) is 18.4 Å². The number of hydrogen-bond donors (Lipinski definition) is 2. The summed E-state index contributed by atoms with van der Waals surface area (Å²) in [7, 11) is 0. The number of rotatable bonds is 5. The Balaban J connectivity index is 1.98. The minimum atomic E-state index is -0.0750. The second-order valence-corrected chi connectivity index (χ2v) is 3.70. The van der Waals surface area contributed by atoms with Gasteiger partial charge in [0.25, 0.3) is 0 Å². The predicted molar refractivity (Wildman–Crippen MR) is 68.5 cm³/mol. The Morgan fingerprint density at radius 2 is 2.33 bits per heavy atom. The van der Waals surface area contributed by atoms with E-state index in [2.05, 4.69) is 20.6 Å². The standard InChI is InChI=1S/C12H15N5O/c1-2-13-8-12(18)16-10-3-4-11(15-7-10)17-6-5-14-9-17/h3-7,9,13H,2,8H2,1H3,(H,16,18). The molecule has 94 valence electrons. The largest absolute Gasteiger partial charge is 0.324 e. The molecule has 0 fully saturated rings. The van der Waals surface area contributed by atoms with Gasteiger partial charge in [-0.2, -0.15) is 0 Å². The molecular formula is C12H15N5O. The molecule has 0 spiro atoms. The molecule has 0 radical (unpaired) electrons. The molecule has 0 saturated heterocycles. The van der Waals surface area contributed by atoms with Crippen LogP contribution < -0.4 is 10.6 Å². The van der Waals surface area contributed by atoms with Gasteiger partial charge < -0.3 is 10.6 Å². The molecule has 6 nitrogen and oxygen atoms in total. The van der Waals surface area contributed by atoms with Gasteiger partial charge in [0.2, 0.25) is 5.91 Å². The molecule has 0 aliphatic heterocycles. The fourth-order valence-corrected chi connectivity index (χ4v) is 1.45. The molecule has 2 heterocycles. The molecule has 2 N–H and O–H groups in total. The van der Waals surface area contributed by atoms with Crippen molar-refractivity contribution in [3.63, 3.8) is 0 Å². The maximum Gasteiger partial charge on any atom is 0.238 e. The summed E-state index contributed by atoms with van der Waals surface area (Å²) in [5.41, 5.74) is 0.682. The van der Waals surface area contributed by atoms with Gasteiger partial charge in [-0.15, -0.1) is 0 Å². The van der Waals surface area contributed by atoms with Crippen LogP contribution in [-0.2, 0) is 4.79 Å². The summed E-state index contributed by atoms with van der Waals surface area (Å²) < 4.78 is 1.80. The van der Waals surface area contributed by atoms with Crippen LogP contribution in [-0.4, -0.2) is 33.5 Å². The van der Waals surface area contributed by atoms with E-state index in [0.717, 1.165) is 12.4 Å². The smallest absolute Gasteiger partial charge is 0.238 e. The fraction of sp³-hybridized carbons (Fsp3) is 0.250. The van der Waals surface area contributed by atoms with E-state index in [0.29, 0.717) is 12.2 Å². The van der Waals surface area contributed by atoms with E-state index in [4.69, 9.17) is 0 Å². The molecule has 0 bridgehead atoms. The first-order valence-electron chi connectivity index (χ1n) is 5.74. The van der Waals surface area contributed by atoms with Crippen molar-refractivity contribution < 1.29 is 4.79 Å². The summed E-state index contributed by atoms with van der Waals surface area (Å²) >= 11 is 0. The van der Waals surface area contributed by atoms with Crippen LogP contribution in [0.4, 0.5) is 5.69 Å². The van der Waals surface area contributed by atoms with Gasteiger partial charge in [-0.1, -0.05) is 6.92 Å². The zero-order valence-electron chi connectivity index (χ0n) is 10.1. The Morgan fingerprint density at radius 3 is 2.94 bits per heavy atom. The van der Waals surface area contributed by atoms with Gasteiger partial charge in [-0.05, 0) is 18.7 Å². The highest BCUT2D eigenvalue weighted by Gasteiger charge is 2.02. The van der Waals surface area contributed by atoms with E-state index < -0.39 is 0 Å². The summed E-state index contributed by atoms with van der Waals surface area (Å²) in [4.78, 5) is 19.7. The zero-order valence-corrected chi connectivity index (χ0v) is 10.1. The van der Waals surface area contributed by atoms with Crippen molar-refractivity contribution in [2.75, 3.05) is 18.4 Å². The number of carbonyl (C=O) groups excluding carboxylic acids is 1. The number of imidazole rings is 1. The highest BCUT2D eigenvalue weighted by Crippen LogP contribution is 2.09. The number of likely N-dealkylation sites (N-methyl/N-ethyl adjacent to an activating group) is 1. The third-order valence-electron chi connectivity index (χ3n) is 2.34. The van der Waals surface area contributed by atoms with E-state index in [-0.39, 0.29) is 5.91 Å². The molecule has 18 heavy (non-hydrogen) atoms. The molecule has 0 aromatic carbocycles. The van der Waals surface area contributed by atoms with Crippen LogP contribution in [0.5, 0.6) is 0 Å². The Hall–Kier alpha value is -2.21. The van der Waals surface area contributed by atoms with Crippen molar-refractivity contribution in [3.05, 3.63) is 37.1 Å². The lowest BCUT2D eigenvalue weighted by Gasteiger charge is -2.06. The number of hydrogen-bond acceptors (Lipinski definition) is 4. The van der Waals surface area contributed by atoms with Crippen LogP contribution in [0.3, 0.4) is 0 Å². The van der Waals surface area contributed by atoms with Crippen molar-refractivity contribution >= 4 is 11.6 Å².